The van der Waals surface area contributed by atoms with Crippen molar-refractivity contribution in [3.63, 3.8) is 0 Å². The van der Waals surface area contributed by atoms with Crippen LogP contribution in [0.5, 0.6) is 11.5 Å². The highest BCUT2D eigenvalue weighted by molar-refractivity contribution is 5.41. The van der Waals surface area contributed by atoms with Crippen molar-refractivity contribution >= 4 is 0 Å². The number of ether oxygens (including phenoxy) is 2. The first kappa shape index (κ1) is 17.6. The quantitative estimate of drug-likeness (QED) is 0.735. The van der Waals surface area contributed by atoms with E-state index in [0.29, 0.717) is 6.61 Å². The normalized spacial score (nSPS) is 12.8. The molecule has 1 rings (SSSR count). The summed E-state index contributed by atoms with van der Waals surface area (Å²) in [5, 5.41) is 3.46. The molecule has 3 nitrogen and oxygen atoms in total. The summed E-state index contributed by atoms with van der Waals surface area (Å²) in [6.45, 7) is 15.8. The molecule has 0 amide bonds. The van der Waals surface area contributed by atoms with Gasteiger partial charge in [-0.1, -0.05) is 6.08 Å². The van der Waals surface area contributed by atoms with Gasteiger partial charge in [0, 0.05) is 17.6 Å². The Morgan fingerprint density at radius 3 is 2.62 bits per heavy atom. The van der Waals surface area contributed by atoms with E-state index >= 15 is 0 Å². The minimum atomic E-state index is 0.0976. The Hall–Kier alpha value is -1.48. The van der Waals surface area contributed by atoms with Crippen molar-refractivity contribution in [3.8, 4) is 11.5 Å². The molecule has 0 aliphatic rings. The lowest BCUT2D eigenvalue weighted by Crippen LogP contribution is -2.41. The molecule has 0 aliphatic heterocycles. The zero-order valence-corrected chi connectivity index (χ0v) is 14.0. The largest absolute Gasteiger partial charge is 0.494 e. The molecule has 21 heavy (non-hydrogen) atoms. The smallest absolute Gasteiger partial charge is 0.123 e. The van der Waals surface area contributed by atoms with Gasteiger partial charge >= 0.3 is 0 Å². The monoisotopic (exact) mass is 291 g/mol. The highest BCUT2D eigenvalue weighted by atomic mass is 16.5. The standard InChI is InChI=1S/C18H29NO2/c1-7-9-15-12-16(20-8-2)10-11-17(15)21-14(3)13-19-18(4,5)6/h7,10-12,14,19H,1,8-9,13H2,2-6H3. The molecule has 1 aromatic carbocycles. The van der Waals surface area contributed by atoms with Gasteiger partial charge in [0.2, 0.25) is 0 Å². The Kier molecular flexibility index (Phi) is 6.76. The van der Waals surface area contributed by atoms with Crippen molar-refractivity contribution in [2.45, 2.75) is 52.7 Å². The maximum Gasteiger partial charge on any atom is 0.123 e. The van der Waals surface area contributed by atoms with Crippen LogP contribution in [0.3, 0.4) is 0 Å². The number of allylic oxidation sites excluding steroid dienone is 1. The fourth-order valence-electron chi connectivity index (χ4n) is 1.95. The van der Waals surface area contributed by atoms with Crippen LogP contribution in [0.4, 0.5) is 0 Å². The van der Waals surface area contributed by atoms with Crippen molar-refractivity contribution in [2.75, 3.05) is 13.2 Å². The molecule has 0 bridgehead atoms. The highest BCUT2D eigenvalue weighted by Gasteiger charge is 2.13. The summed E-state index contributed by atoms with van der Waals surface area (Å²) in [5.41, 5.74) is 1.21. The maximum absolute atomic E-state index is 6.06. The van der Waals surface area contributed by atoms with Crippen molar-refractivity contribution < 1.29 is 9.47 Å². The van der Waals surface area contributed by atoms with E-state index in [4.69, 9.17) is 9.47 Å². The van der Waals surface area contributed by atoms with Crippen LogP contribution in [0.1, 0.15) is 40.2 Å². The lowest BCUT2D eigenvalue weighted by atomic mass is 10.1. The molecule has 0 saturated carbocycles. The van der Waals surface area contributed by atoms with Gasteiger partial charge in [0.25, 0.3) is 0 Å². The average molecular weight is 291 g/mol. The molecule has 0 aliphatic carbocycles. The third-order valence-corrected chi connectivity index (χ3v) is 2.96. The number of nitrogens with one attached hydrogen (secondary N) is 1. The van der Waals surface area contributed by atoms with E-state index in [2.05, 4.69) is 39.6 Å². The fraction of sp³-hybridized carbons (Fsp3) is 0.556. The van der Waals surface area contributed by atoms with Crippen LogP contribution in [0.2, 0.25) is 0 Å². The Morgan fingerprint density at radius 1 is 1.33 bits per heavy atom. The maximum atomic E-state index is 6.06. The Labute approximate surface area is 129 Å². The van der Waals surface area contributed by atoms with Crippen LogP contribution in [-0.2, 0) is 6.42 Å². The predicted molar refractivity (Wildman–Crippen MR) is 89.4 cm³/mol. The van der Waals surface area contributed by atoms with Gasteiger partial charge in [-0.15, -0.1) is 6.58 Å². The van der Waals surface area contributed by atoms with Crippen LogP contribution in [-0.4, -0.2) is 24.8 Å². The van der Waals surface area contributed by atoms with Crippen molar-refractivity contribution in [3.05, 3.63) is 36.4 Å². The van der Waals surface area contributed by atoms with Crippen molar-refractivity contribution in [1.29, 1.82) is 0 Å². The van der Waals surface area contributed by atoms with Gasteiger partial charge in [-0.05, 0) is 59.2 Å². The first-order chi connectivity index (χ1) is 9.85. The second kappa shape index (κ2) is 8.08. The molecule has 0 heterocycles. The van der Waals surface area contributed by atoms with Gasteiger partial charge in [0.1, 0.15) is 17.6 Å². The molecule has 0 saturated heterocycles. The minimum Gasteiger partial charge on any atom is -0.494 e. The second-order valence-electron chi connectivity index (χ2n) is 6.25. The van der Waals surface area contributed by atoms with Crippen molar-refractivity contribution in [2.24, 2.45) is 0 Å². The van der Waals surface area contributed by atoms with E-state index in [1.54, 1.807) is 0 Å². The van der Waals surface area contributed by atoms with Crippen molar-refractivity contribution in [1.82, 2.24) is 5.32 Å². The number of benzene rings is 1. The molecule has 118 valence electrons. The van der Waals surface area contributed by atoms with E-state index < -0.39 is 0 Å². The van der Waals surface area contributed by atoms with E-state index in [1.165, 1.54) is 0 Å². The first-order valence-electron chi connectivity index (χ1n) is 7.64. The van der Waals surface area contributed by atoms with Crippen LogP contribution in [0.15, 0.2) is 30.9 Å². The van der Waals surface area contributed by atoms with Gasteiger partial charge < -0.3 is 14.8 Å². The Balaban J connectivity index is 2.74. The van der Waals surface area contributed by atoms with Crippen LogP contribution in [0, 0.1) is 0 Å². The van der Waals surface area contributed by atoms with Gasteiger partial charge in [0.15, 0.2) is 0 Å². The third-order valence-electron chi connectivity index (χ3n) is 2.96. The van der Waals surface area contributed by atoms with E-state index in [9.17, 15) is 0 Å². The lowest BCUT2D eigenvalue weighted by Gasteiger charge is -2.24. The molecule has 1 atom stereocenters. The fourth-order valence-corrected chi connectivity index (χ4v) is 1.95. The summed E-state index contributed by atoms with van der Waals surface area (Å²) in [7, 11) is 0. The SMILES string of the molecule is C=CCc1cc(OCC)ccc1OC(C)CNC(C)(C)C. The summed E-state index contributed by atoms with van der Waals surface area (Å²) in [6.07, 6.45) is 2.76. The molecular weight excluding hydrogens is 262 g/mol. The van der Waals surface area contributed by atoms with E-state index in [-0.39, 0.29) is 11.6 Å². The second-order valence-corrected chi connectivity index (χ2v) is 6.25. The molecule has 0 radical (unpaired) electrons. The molecular formula is C18H29NO2. The van der Waals surface area contributed by atoms with Crippen LogP contribution >= 0.6 is 0 Å². The zero-order chi connectivity index (χ0) is 15.9. The topological polar surface area (TPSA) is 30.5 Å². The summed E-state index contributed by atoms with van der Waals surface area (Å²) < 4.78 is 11.6. The highest BCUT2D eigenvalue weighted by Crippen LogP contribution is 2.26. The van der Waals surface area contributed by atoms with E-state index in [1.807, 2.05) is 31.2 Å². The summed E-state index contributed by atoms with van der Waals surface area (Å²) in [4.78, 5) is 0. The molecule has 1 aromatic rings. The number of hydrogen-bond acceptors (Lipinski definition) is 3. The number of rotatable bonds is 8. The molecule has 0 aromatic heterocycles. The van der Waals surface area contributed by atoms with Crippen LogP contribution in [0.25, 0.3) is 0 Å². The summed E-state index contributed by atoms with van der Waals surface area (Å²) in [5.74, 6) is 1.78. The number of hydrogen-bond donors (Lipinski definition) is 1. The average Bonchev–Trinajstić information content (AvgIpc) is 2.39. The summed E-state index contributed by atoms with van der Waals surface area (Å²) >= 11 is 0. The molecule has 0 spiro atoms. The van der Waals surface area contributed by atoms with Gasteiger partial charge in [-0.25, -0.2) is 0 Å². The van der Waals surface area contributed by atoms with Gasteiger partial charge in [0.05, 0.1) is 6.61 Å². The third kappa shape index (κ3) is 6.67. The molecule has 3 heteroatoms. The molecule has 0 fully saturated rings. The van der Waals surface area contributed by atoms with Gasteiger partial charge in [-0.2, -0.15) is 0 Å². The summed E-state index contributed by atoms with van der Waals surface area (Å²) in [6, 6.07) is 5.97. The predicted octanol–water partition coefficient (Wildman–Crippen LogP) is 3.97. The van der Waals surface area contributed by atoms with Crippen LogP contribution < -0.4 is 14.8 Å². The van der Waals surface area contributed by atoms with Gasteiger partial charge in [-0.3, -0.25) is 0 Å². The minimum absolute atomic E-state index is 0.0976. The molecule has 1 N–H and O–H groups in total. The van der Waals surface area contributed by atoms with E-state index in [0.717, 1.165) is 30.0 Å². The first-order valence-corrected chi connectivity index (χ1v) is 7.64. The molecule has 1 unspecified atom stereocenters. The zero-order valence-electron chi connectivity index (χ0n) is 14.0. The Morgan fingerprint density at radius 2 is 2.05 bits per heavy atom. The lowest BCUT2D eigenvalue weighted by molar-refractivity contribution is 0.201. The Bertz CT molecular complexity index is 449.